The Morgan fingerprint density at radius 1 is 1.00 bits per heavy atom. The van der Waals surface area contributed by atoms with Gasteiger partial charge in [0.2, 0.25) is 0 Å². The zero-order valence-electron chi connectivity index (χ0n) is 4.23. The summed E-state index contributed by atoms with van der Waals surface area (Å²) in [6.07, 6.45) is 0. The van der Waals surface area contributed by atoms with Crippen molar-refractivity contribution in [2.24, 2.45) is 0 Å². The SMILES string of the molecule is [F-].[F-].[Fe+3].[Na+].[O-][P+]([O-])([O-])O. The van der Waals surface area contributed by atoms with Crippen molar-refractivity contribution in [1.29, 1.82) is 0 Å². The van der Waals surface area contributed by atoms with E-state index in [1.165, 1.54) is 0 Å². The van der Waals surface area contributed by atoms with Crippen molar-refractivity contribution in [3.63, 3.8) is 0 Å². The second-order valence-corrected chi connectivity index (χ2v) is 1.41. The van der Waals surface area contributed by atoms with Crippen LogP contribution in [-0.4, -0.2) is 4.89 Å². The first-order valence-electron chi connectivity index (χ1n) is 0.748. The predicted molar refractivity (Wildman–Crippen MR) is 9.14 cm³/mol. The van der Waals surface area contributed by atoms with E-state index in [0.717, 1.165) is 0 Å². The van der Waals surface area contributed by atoms with Crippen LogP contribution in [-0.2, 0) is 17.1 Å². The molecule has 0 aromatic heterocycles. The van der Waals surface area contributed by atoms with Crippen molar-refractivity contribution in [3.8, 4) is 0 Å². The molecule has 9 heteroatoms. The zero-order valence-corrected chi connectivity index (χ0v) is 8.23. The number of hydrogen-bond acceptors (Lipinski definition) is 4. The van der Waals surface area contributed by atoms with Crippen LogP contribution in [0.25, 0.3) is 0 Å². The van der Waals surface area contributed by atoms with E-state index in [-0.39, 0.29) is 56.0 Å². The molecule has 0 saturated carbocycles. The van der Waals surface area contributed by atoms with Gasteiger partial charge in [-0.2, -0.15) is 0 Å². The normalized spacial score (nSPS) is 6.67. The van der Waals surface area contributed by atoms with E-state index in [2.05, 4.69) is 0 Å². The van der Waals surface area contributed by atoms with Gasteiger partial charge in [0.15, 0.2) is 0 Å². The molecule has 9 heavy (non-hydrogen) atoms. The van der Waals surface area contributed by atoms with Crippen molar-refractivity contribution < 1.29 is 75.6 Å². The van der Waals surface area contributed by atoms with Crippen molar-refractivity contribution in [3.05, 3.63) is 0 Å². The molecule has 4 nitrogen and oxygen atoms in total. The average Bonchev–Trinajstić information content (AvgIpc) is 0.722. The Bertz CT molecular complexity index is 34.0. The fourth-order valence-electron chi connectivity index (χ4n) is 0. The third kappa shape index (κ3) is 208. The van der Waals surface area contributed by atoms with Crippen LogP contribution in [0.4, 0.5) is 0 Å². The summed E-state index contributed by atoms with van der Waals surface area (Å²) >= 11 is 0. The number of hydrogen-bond donors (Lipinski definition) is 1. The number of halogens is 2. The largest absolute Gasteiger partial charge is 3.00 e. The van der Waals surface area contributed by atoms with Gasteiger partial charge in [0.1, 0.15) is 0 Å². The van der Waals surface area contributed by atoms with Crippen molar-refractivity contribution >= 4 is 8.17 Å². The van der Waals surface area contributed by atoms with Gasteiger partial charge in [-0.1, -0.05) is 0 Å². The minimum Gasteiger partial charge on any atom is -1.00 e. The molecular weight excluding hydrogens is 212 g/mol. The molecule has 0 aliphatic carbocycles. The van der Waals surface area contributed by atoms with Crippen LogP contribution in [0.5, 0.6) is 0 Å². The average molecular weight is 213 g/mol. The van der Waals surface area contributed by atoms with Crippen LogP contribution in [0.2, 0.25) is 0 Å². The minimum absolute atomic E-state index is 0. The maximum Gasteiger partial charge on any atom is 3.00 e. The van der Waals surface area contributed by atoms with E-state index in [4.69, 9.17) is 19.6 Å². The van der Waals surface area contributed by atoms with Crippen molar-refractivity contribution in [2.45, 2.75) is 0 Å². The van der Waals surface area contributed by atoms with E-state index in [1.54, 1.807) is 0 Å². The Labute approximate surface area is 83.4 Å². The predicted octanol–water partition coefficient (Wildman–Crippen LogP) is -12.3. The van der Waals surface area contributed by atoms with Crippen LogP contribution in [0.1, 0.15) is 0 Å². The van der Waals surface area contributed by atoms with Crippen molar-refractivity contribution in [1.82, 2.24) is 0 Å². The summed E-state index contributed by atoms with van der Waals surface area (Å²) in [5.74, 6) is 0. The molecule has 0 atom stereocenters. The Balaban J connectivity index is -0.0000000133. The van der Waals surface area contributed by atoms with Gasteiger partial charge in [-0.25, -0.2) is 0 Å². The van der Waals surface area contributed by atoms with E-state index in [1.807, 2.05) is 0 Å². The first-order valence-corrected chi connectivity index (χ1v) is 2.24. The monoisotopic (exact) mass is 213 g/mol. The number of phosphoric acid groups is 1. The topological polar surface area (TPSA) is 89.4 Å². The second kappa shape index (κ2) is 12.3. The second-order valence-electron chi connectivity index (χ2n) is 0.469. The standard InChI is InChI=1S/2FH.Fe.Na.H3O4P/c;;;;1-5(2,3)4/h2*1H;;;(H3,1,2,3,4)/q;;+3;+1;/p-4. The van der Waals surface area contributed by atoms with Gasteiger partial charge in [0.05, 0.1) is 0 Å². The zero-order chi connectivity index (χ0) is 4.50. The quantitative estimate of drug-likeness (QED) is 0.319. The maximum atomic E-state index is 8.66. The van der Waals surface area contributed by atoms with Gasteiger partial charge >= 0.3 is 46.6 Å². The summed E-state index contributed by atoms with van der Waals surface area (Å²) in [6, 6.07) is 0. The van der Waals surface area contributed by atoms with Crippen LogP contribution >= 0.6 is 8.17 Å². The van der Waals surface area contributed by atoms with E-state index >= 15 is 0 Å². The van der Waals surface area contributed by atoms with Crippen LogP contribution in [0, 0.1) is 0 Å². The van der Waals surface area contributed by atoms with Crippen LogP contribution in [0.3, 0.4) is 0 Å². The molecule has 0 heterocycles. The molecule has 0 aliphatic rings. The van der Waals surface area contributed by atoms with Gasteiger partial charge in [0.25, 0.3) is 0 Å². The van der Waals surface area contributed by atoms with Gasteiger partial charge in [-0.3, -0.25) is 4.89 Å². The summed E-state index contributed by atoms with van der Waals surface area (Å²) in [5.41, 5.74) is 0. The third-order valence-corrected chi connectivity index (χ3v) is 0. The Morgan fingerprint density at radius 2 is 1.00 bits per heavy atom. The molecule has 0 fully saturated rings. The van der Waals surface area contributed by atoms with Gasteiger partial charge < -0.3 is 24.1 Å². The summed E-state index contributed by atoms with van der Waals surface area (Å²) in [4.78, 5) is 32.9. The molecular formula is HF2FeNaO4P. The molecule has 0 spiro atoms. The Hall–Kier alpha value is 1.65. The van der Waals surface area contributed by atoms with E-state index in [0.29, 0.717) is 0 Å². The van der Waals surface area contributed by atoms with Crippen molar-refractivity contribution in [2.75, 3.05) is 0 Å². The Kier molecular flexibility index (Phi) is 42.6. The fourth-order valence-corrected chi connectivity index (χ4v) is 0. The molecule has 1 N–H and O–H groups in total. The van der Waals surface area contributed by atoms with Gasteiger partial charge in [-0.15, -0.1) is 0 Å². The van der Waals surface area contributed by atoms with E-state index < -0.39 is 8.17 Å². The summed E-state index contributed by atoms with van der Waals surface area (Å²) in [6.45, 7) is 0. The molecule has 0 aliphatic heterocycles. The fraction of sp³-hybridized carbons (Fsp3) is 0. The van der Waals surface area contributed by atoms with Gasteiger partial charge in [-0.05, 0) is 8.17 Å². The van der Waals surface area contributed by atoms with Crippen LogP contribution < -0.4 is 53.6 Å². The molecule has 1 radical (unpaired) electrons. The minimum atomic E-state index is -5.14. The van der Waals surface area contributed by atoms with Crippen LogP contribution in [0.15, 0.2) is 0 Å². The number of rotatable bonds is 0. The molecule has 0 saturated heterocycles. The smallest absolute Gasteiger partial charge is 1.00 e. The van der Waals surface area contributed by atoms with Gasteiger partial charge in [0, 0.05) is 0 Å². The molecule has 0 rings (SSSR count). The summed E-state index contributed by atoms with van der Waals surface area (Å²) < 4.78 is 0. The first-order chi connectivity index (χ1) is 2.00. The Morgan fingerprint density at radius 3 is 1.00 bits per heavy atom. The molecule has 0 bridgehead atoms. The summed E-state index contributed by atoms with van der Waals surface area (Å²) in [5, 5.41) is 0. The first kappa shape index (κ1) is 31.1. The molecule has 53 valence electrons. The molecule has 0 aromatic rings. The molecule has 0 amide bonds. The van der Waals surface area contributed by atoms with E-state index in [9.17, 15) is 0 Å². The third-order valence-electron chi connectivity index (χ3n) is 0. The molecule has 0 unspecified atom stereocenters. The molecule has 0 aromatic carbocycles. The summed E-state index contributed by atoms with van der Waals surface area (Å²) in [7, 11) is -5.14. The maximum absolute atomic E-state index is 8.66.